The van der Waals surface area contributed by atoms with Crippen molar-refractivity contribution in [2.75, 3.05) is 24.6 Å². The van der Waals surface area contributed by atoms with E-state index < -0.39 is 17.8 Å². The fraction of sp³-hybridized carbons (Fsp3) is 0.290. The molecule has 0 aromatic heterocycles. The molecule has 7 nitrogen and oxygen atoms in total. The number of imide groups is 1. The van der Waals surface area contributed by atoms with E-state index in [-0.39, 0.29) is 29.2 Å². The van der Waals surface area contributed by atoms with E-state index in [1.165, 1.54) is 23.8 Å². The van der Waals surface area contributed by atoms with Crippen LogP contribution >= 0.6 is 0 Å². The Morgan fingerprint density at radius 2 is 1.58 bits per heavy atom. The molecular weight excluding hydrogens is 480 g/mol. The normalized spacial score (nSPS) is 15.5. The molecule has 0 bridgehead atoms. The third kappa shape index (κ3) is 5.09. The number of piperidine rings is 1. The average molecular weight is 511 g/mol. The first-order valence-corrected chi connectivity index (χ1v) is 12.9. The molecule has 2 aliphatic rings. The van der Waals surface area contributed by atoms with Crippen molar-refractivity contribution < 1.29 is 23.9 Å². The number of carbonyl (C=O) groups excluding carboxylic acids is 4. The Morgan fingerprint density at radius 3 is 2.32 bits per heavy atom. The van der Waals surface area contributed by atoms with Gasteiger partial charge in [0.25, 0.3) is 17.7 Å². The van der Waals surface area contributed by atoms with Gasteiger partial charge in [0, 0.05) is 13.1 Å². The van der Waals surface area contributed by atoms with Crippen LogP contribution in [0.2, 0.25) is 0 Å². The number of aryl methyl sites for hydroxylation is 2. The monoisotopic (exact) mass is 510 g/mol. The van der Waals surface area contributed by atoms with Crippen molar-refractivity contribution in [1.82, 2.24) is 4.90 Å². The Kier molecular flexibility index (Phi) is 7.09. The van der Waals surface area contributed by atoms with Gasteiger partial charge in [-0.3, -0.25) is 14.4 Å². The lowest BCUT2D eigenvalue weighted by Gasteiger charge is -2.32. The van der Waals surface area contributed by atoms with Gasteiger partial charge >= 0.3 is 5.97 Å². The molecule has 0 unspecified atom stereocenters. The molecule has 2 heterocycles. The number of nitrogens with zero attached hydrogens (tertiary/aromatic N) is 2. The van der Waals surface area contributed by atoms with E-state index in [0.717, 1.165) is 35.3 Å². The molecule has 3 aromatic carbocycles. The Labute approximate surface area is 222 Å². The molecule has 0 aliphatic carbocycles. The molecule has 0 radical (unpaired) electrons. The zero-order valence-corrected chi connectivity index (χ0v) is 21.6. The highest BCUT2D eigenvalue weighted by Gasteiger charge is 2.38. The van der Waals surface area contributed by atoms with Gasteiger partial charge in [0.15, 0.2) is 6.61 Å². The van der Waals surface area contributed by atoms with Crippen LogP contribution in [0.25, 0.3) is 0 Å². The van der Waals surface area contributed by atoms with Gasteiger partial charge in [-0.25, -0.2) is 9.69 Å². The Balaban J connectivity index is 1.18. The van der Waals surface area contributed by atoms with Crippen molar-refractivity contribution in [1.29, 1.82) is 0 Å². The van der Waals surface area contributed by atoms with Crippen molar-refractivity contribution in [2.45, 2.75) is 33.1 Å². The lowest BCUT2D eigenvalue weighted by atomic mass is 9.90. The number of fused-ring (bicyclic) bond motifs is 1. The molecule has 3 aromatic rings. The SMILES string of the molecule is Cc1ccc(C)c(N2C(=O)c3ccc(C(=O)OCC(=O)N4CCC(Cc5ccccc5)CC4)cc3C2=O)c1. The van der Waals surface area contributed by atoms with Gasteiger partial charge in [-0.05, 0) is 80.0 Å². The number of carbonyl (C=O) groups is 4. The molecular formula is C31H30N2O5. The molecule has 0 spiro atoms. The van der Waals surface area contributed by atoms with Gasteiger partial charge in [0.05, 0.1) is 22.4 Å². The standard InChI is InChI=1S/C31H30N2O5/c1-20-8-9-21(2)27(16-20)33-29(35)25-11-10-24(18-26(25)30(33)36)31(37)38-19-28(34)32-14-12-23(13-15-32)17-22-6-4-3-5-7-22/h3-11,16,18,23H,12-15,17,19H2,1-2H3. The highest BCUT2D eigenvalue weighted by molar-refractivity contribution is 6.35. The average Bonchev–Trinajstić information content (AvgIpc) is 3.18. The van der Waals surface area contributed by atoms with Gasteiger partial charge in [-0.2, -0.15) is 0 Å². The van der Waals surface area contributed by atoms with E-state index in [0.29, 0.717) is 24.7 Å². The van der Waals surface area contributed by atoms with Gasteiger partial charge in [0.1, 0.15) is 0 Å². The van der Waals surface area contributed by atoms with Gasteiger partial charge < -0.3 is 9.64 Å². The molecule has 3 amide bonds. The number of esters is 1. The minimum Gasteiger partial charge on any atom is -0.452 e. The van der Waals surface area contributed by atoms with Crippen LogP contribution in [0.3, 0.4) is 0 Å². The second-order valence-corrected chi connectivity index (χ2v) is 10.1. The van der Waals surface area contributed by atoms with Crippen LogP contribution in [-0.4, -0.2) is 48.3 Å². The van der Waals surface area contributed by atoms with Crippen LogP contribution in [-0.2, 0) is 16.0 Å². The van der Waals surface area contributed by atoms with Crippen molar-refractivity contribution in [2.24, 2.45) is 5.92 Å². The first-order chi connectivity index (χ1) is 18.3. The van der Waals surface area contributed by atoms with Crippen LogP contribution in [0.1, 0.15) is 60.6 Å². The lowest BCUT2D eigenvalue weighted by molar-refractivity contribution is -0.135. The Bertz CT molecular complexity index is 1410. The zero-order chi connectivity index (χ0) is 26.8. The molecule has 2 aliphatic heterocycles. The molecule has 0 saturated carbocycles. The number of benzene rings is 3. The number of ether oxygens (including phenoxy) is 1. The van der Waals surface area contributed by atoms with Gasteiger partial charge in [-0.1, -0.05) is 42.5 Å². The van der Waals surface area contributed by atoms with Gasteiger partial charge in [-0.15, -0.1) is 0 Å². The maximum atomic E-state index is 13.2. The maximum Gasteiger partial charge on any atom is 0.338 e. The summed E-state index contributed by atoms with van der Waals surface area (Å²) >= 11 is 0. The Hall–Kier alpha value is -4.26. The van der Waals surface area contributed by atoms with Crippen molar-refractivity contribution in [3.05, 3.63) is 100 Å². The summed E-state index contributed by atoms with van der Waals surface area (Å²) in [6.45, 7) is 4.64. The molecule has 0 atom stereocenters. The molecule has 38 heavy (non-hydrogen) atoms. The molecule has 5 rings (SSSR count). The summed E-state index contributed by atoms with van der Waals surface area (Å²) in [6.07, 6.45) is 2.82. The summed E-state index contributed by atoms with van der Waals surface area (Å²) < 4.78 is 5.29. The molecule has 1 fully saturated rings. The number of amides is 3. The van der Waals surface area contributed by atoms with E-state index in [1.54, 1.807) is 11.0 Å². The quantitative estimate of drug-likeness (QED) is 0.353. The summed E-state index contributed by atoms with van der Waals surface area (Å²) in [5.41, 5.74) is 4.07. The number of hydrogen-bond acceptors (Lipinski definition) is 5. The second kappa shape index (κ2) is 10.6. The highest BCUT2D eigenvalue weighted by Crippen LogP contribution is 2.32. The molecule has 1 saturated heterocycles. The summed E-state index contributed by atoms with van der Waals surface area (Å²) in [4.78, 5) is 54.4. The predicted octanol–water partition coefficient (Wildman–Crippen LogP) is 4.74. The lowest BCUT2D eigenvalue weighted by Crippen LogP contribution is -2.41. The van der Waals surface area contributed by atoms with Crippen LogP contribution < -0.4 is 4.90 Å². The first kappa shape index (κ1) is 25.4. The fourth-order valence-corrected chi connectivity index (χ4v) is 5.18. The Morgan fingerprint density at radius 1 is 0.868 bits per heavy atom. The van der Waals surface area contributed by atoms with Gasteiger partial charge in [0.2, 0.25) is 0 Å². The van der Waals surface area contributed by atoms with Crippen LogP contribution in [0.5, 0.6) is 0 Å². The van der Waals surface area contributed by atoms with E-state index in [9.17, 15) is 19.2 Å². The third-order valence-corrected chi connectivity index (χ3v) is 7.39. The topological polar surface area (TPSA) is 84.0 Å². The summed E-state index contributed by atoms with van der Waals surface area (Å²) in [5, 5.41) is 0. The molecule has 0 N–H and O–H groups in total. The van der Waals surface area contributed by atoms with E-state index in [1.807, 2.05) is 44.2 Å². The maximum absolute atomic E-state index is 13.2. The van der Waals surface area contributed by atoms with Crippen molar-refractivity contribution in [3.63, 3.8) is 0 Å². The zero-order valence-electron chi connectivity index (χ0n) is 21.6. The van der Waals surface area contributed by atoms with Crippen LogP contribution in [0.15, 0.2) is 66.7 Å². The second-order valence-electron chi connectivity index (χ2n) is 10.1. The largest absolute Gasteiger partial charge is 0.452 e. The summed E-state index contributed by atoms with van der Waals surface area (Å²) in [5.74, 6) is -1.32. The number of hydrogen-bond donors (Lipinski definition) is 0. The van der Waals surface area contributed by atoms with E-state index in [2.05, 4.69) is 12.1 Å². The fourth-order valence-electron chi connectivity index (χ4n) is 5.18. The minimum atomic E-state index is -0.703. The smallest absolute Gasteiger partial charge is 0.338 e. The van der Waals surface area contributed by atoms with E-state index in [4.69, 9.17) is 4.74 Å². The van der Waals surface area contributed by atoms with Crippen molar-refractivity contribution in [3.8, 4) is 0 Å². The first-order valence-electron chi connectivity index (χ1n) is 12.9. The molecule has 194 valence electrons. The summed E-state index contributed by atoms with van der Waals surface area (Å²) in [7, 11) is 0. The van der Waals surface area contributed by atoms with Crippen LogP contribution in [0.4, 0.5) is 5.69 Å². The number of anilines is 1. The third-order valence-electron chi connectivity index (χ3n) is 7.39. The predicted molar refractivity (Wildman–Crippen MR) is 143 cm³/mol. The minimum absolute atomic E-state index is 0.127. The highest BCUT2D eigenvalue weighted by atomic mass is 16.5. The molecule has 7 heteroatoms. The summed E-state index contributed by atoms with van der Waals surface area (Å²) in [6, 6.07) is 20.2. The van der Waals surface area contributed by atoms with Crippen molar-refractivity contribution >= 4 is 29.4 Å². The number of rotatable bonds is 6. The number of likely N-dealkylation sites (tertiary alicyclic amines) is 1. The van der Waals surface area contributed by atoms with Crippen LogP contribution in [0, 0.1) is 19.8 Å². The van der Waals surface area contributed by atoms with E-state index >= 15 is 0 Å².